The van der Waals surface area contributed by atoms with Crippen LogP contribution in [0.4, 0.5) is 0 Å². The smallest absolute Gasteiger partial charge is 0.0503 e. The van der Waals surface area contributed by atoms with Crippen molar-refractivity contribution in [1.29, 1.82) is 0 Å². The van der Waals surface area contributed by atoms with Crippen molar-refractivity contribution in [3.8, 4) is 0 Å². The second-order valence-corrected chi connectivity index (χ2v) is 5.18. The van der Waals surface area contributed by atoms with Crippen molar-refractivity contribution < 1.29 is 5.11 Å². The Balaban J connectivity index is 2.16. The van der Waals surface area contributed by atoms with Gasteiger partial charge in [0.25, 0.3) is 0 Å². The first-order valence-corrected chi connectivity index (χ1v) is 6.03. The van der Waals surface area contributed by atoms with Gasteiger partial charge in [0.05, 0.1) is 6.61 Å². The summed E-state index contributed by atoms with van der Waals surface area (Å²) in [6, 6.07) is 6.63. The SMILES string of the molecule is Cc1ccc(CC2(CO)CCNC2)cc1C. The lowest BCUT2D eigenvalue weighted by Crippen LogP contribution is -2.30. The quantitative estimate of drug-likeness (QED) is 0.812. The summed E-state index contributed by atoms with van der Waals surface area (Å²) in [4.78, 5) is 0. The van der Waals surface area contributed by atoms with Crippen LogP contribution < -0.4 is 5.32 Å². The first-order valence-electron chi connectivity index (χ1n) is 6.03. The molecular weight excluding hydrogens is 198 g/mol. The molecule has 0 aliphatic carbocycles. The molecule has 0 aromatic heterocycles. The number of aliphatic hydroxyl groups excluding tert-OH is 1. The lowest BCUT2D eigenvalue weighted by atomic mass is 9.81. The van der Waals surface area contributed by atoms with Crippen LogP contribution in [-0.2, 0) is 6.42 Å². The maximum absolute atomic E-state index is 9.56. The van der Waals surface area contributed by atoms with E-state index in [1.54, 1.807) is 0 Å². The zero-order chi connectivity index (χ0) is 11.6. The van der Waals surface area contributed by atoms with Gasteiger partial charge in [-0.1, -0.05) is 18.2 Å². The van der Waals surface area contributed by atoms with E-state index in [-0.39, 0.29) is 12.0 Å². The number of hydrogen-bond donors (Lipinski definition) is 2. The number of benzene rings is 1. The van der Waals surface area contributed by atoms with E-state index in [4.69, 9.17) is 0 Å². The van der Waals surface area contributed by atoms with Crippen molar-refractivity contribution in [2.75, 3.05) is 19.7 Å². The fourth-order valence-corrected chi connectivity index (χ4v) is 2.48. The molecule has 1 unspecified atom stereocenters. The average Bonchev–Trinajstić information content (AvgIpc) is 2.73. The van der Waals surface area contributed by atoms with E-state index < -0.39 is 0 Å². The van der Waals surface area contributed by atoms with Gasteiger partial charge in [-0.25, -0.2) is 0 Å². The van der Waals surface area contributed by atoms with Crippen LogP contribution in [0, 0.1) is 19.3 Å². The topological polar surface area (TPSA) is 32.3 Å². The Morgan fingerprint density at radius 3 is 2.69 bits per heavy atom. The monoisotopic (exact) mass is 219 g/mol. The summed E-state index contributed by atoms with van der Waals surface area (Å²) in [5.74, 6) is 0. The van der Waals surface area contributed by atoms with E-state index in [2.05, 4.69) is 37.4 Å². The van der Waals surface area contributed by atoms with Crippen LogP contribution in [0.15, 0.2) is 18.2 Å². The fraction of sp³-hybridized carbons (Fsp3) is 0.571. The molecule has 1 fully saturated rings. The van der Waals surface area contributed by atoms with Crippen molar-refractivity contribution in [3.05, 3.63) is 34.9 Å². The summed E-state index contributed by atoms with van der Waals surface area (Å²) in [6.45, 7) is 6.55. The lowest BCUT2D eigenvalue weighted by molar-refractivity contribution is 0.143. The van der Waals surface area contributed by atoms with Gasteiger partial charge in [-0.05, 0) is 49.9 Å². The van der Waals surface area contributed by atoms with Gasteiger partial charge in [0.2, 0.25) is 0 Å². The van der Waals surface area contributed by atoms with Crippen LogP contribution in [0.25, 0.3) is 0 Å². The first-order chi connectivity index (χ1) is 7.65. The van der Waals surface area contributed by atoms with Crippen LogP contribution in [0.5, 0.6) is 0 Å². The largest absolute Gasteiger partial charge is 0.396 e. The molecule has 0 spiro atoms. The molecule has 0 saturated carbocycles. The molecule has 1 atom stereocenters. The van der Waals surface area contributed by atoms with Gasteiger partial charge in [0.15, 0.2) is 0 Å². The highest BCUT2D eigenvalue weighted by Gasteiger charge is 2.33. The van der Waals surface area contributed by atoms with E-state index in [9.17, 15) is 5.11 Å². The van der Waals surface area contributed by atoms with Crippen molar-refractivity contribution >= 4 is 0 Å². The Labute approximate surface area is 97.7 Å². The number of aryl methyl sites for hydroxylation is 2. The van der Waals surface area contributed by atoms with Crippen molar-refractivity contribution in [2.45, 2.75) is 26.7 Å². The summed E-state index contributed by atoms with van der Waals surface area (Å²) >= 11 is 0. The first kappa shape index (κ1) is 11.6. The molecule has 88 valence electrons. The maximum atomic E-state index is 9.56. The molecule has 1 aromatic rings. The highest BCUT2D eigenvalue weighted by molar-refractivity contribution is 5.30. The zero-order valence-electron chi connectivity index (χ0n) is 10.2. The summed E-state index contributed by atoms with van der Waals surface area (Å²) in [7, 11) is 0. The van der Waals surface area contributed by atoms with Gasteiger partial charge in [-0.3, -0.25) is 0 Å². The highest BCUT2D eigenvalue weighted by atomic mass is 16.3. The molecule has 2 N–H and O–H groups in total. The molecule has 16 heavy (non-hydrogen) atoms. The van der Waals surface area contributed by atoms with Gasteiger partial charge in [0.1, 0.15) is 0 Å². The molecule has 0 amide bonds. The minimum Gasteiger partial charge on any atom is -0.396 e. The Kier molecular flexibility index (Phi) is 3.31. The third kappa shape index (κ3) is 2.28. The number of rotatable bonds is 3. The van der Waals surface area contributed by atoms with Crippen molar-refractivity contribution in [2.24, 2.45) is 5.41 Å². The minimum atomic E-state index is 0.0711. The Morgan fingerprint density at radius 1 is 1.31 bits per heavy atom. The number of hydrogen-bond acceptors (Lipinski definition) is 2. The molecule has 2 heteroatoms. The lowest BCUT2D eigenvalue weighted by Gasteiger charge is -2.25. The molecule has 1 saturated heterocycles. The minimum absolute atomic E-state index is 0.0711. The predicted octanol–water partition coefficient (Wildman–Crippen LogP) is 1.82. The molecule has 1 heterocycles. The van der Waals surface area contributed by atoms with Crippen molar-refractivity contribution in [3.63, 3.8) is 0 Å². The average molecular weight is 219 g/mol. The summed E-state index contributed by atoms with van der Waals surface area (Å²) in [5.41, 5.74) is 4.10. The maximum Gasteiger partial charge on any atom is 0.0503 e. The fourth-order valence-electron chi connectivity index (χ4n) is 2.48. The highest BCUT2D eigenvalue weighted by Crippen LogP contribution is 2.29. The molecular formula is C14H21NO. The second kappa shape index (κ2) is 4.56. The van der Waals surface area contributed by atoms with Gasteiger partial charge >= 0.3 is 0 Å². The van der Waals surface area contributed by atoms with Crippen LogP contribution in [0.1, 0.15) is 23.1 Å². The summed E-state index contributed by atoms with van der Waals surface area (Å²) in [5, 5.41) is 12.9. The summed E-state index contributed by atoms with van der Waals surface area (Å²) < 4.78 is 0. The van der Waals surface area contributed by atoms with E-state index >= 15 is 0 Å². The molecule has 0 bridgehead atoms. The normalized spacial score (nSPS) is 24.9. The molecule has 1 aromatic carbocycles. The Hall–Kier alpha value is -0.860. The number of nitrogens with one attached hydrogen (secondary N) is 1. The predicted molar refractivity (Wildman–Crippen MR) is 66.6 cm³/mol. The Bertz CT molecular complexity index is 367. The van der Waals surface area contributed by atoms with E-state index in [1.165, 1.54) is 16.7 Å². The third-order valence-electron chi connectivity index (χ3n) is 3.82. The number of aliphatic hydroxyl groups is 1. The van der Waals surface area contributed by atoms with Gasteiger partial charge in [-0.2, -0.15) is 0 Å². The molecule has 1 aliphatic heterocycles. The van der Waals surface area contributed by atoms with Crippen LogP contribution in [0.2, 0.25) is 0 Å². The molecule has 2 rings (SSSR count). The van der Waals surface area contributed by atoms with Gasteiger partial charge in [-0.15, -0.1) is 0 Å². The standard InChI is InChI=1S/C14H21NO/c1-11-3-4-13(7-12(11)2)8-14(10-16)5-6-15-9-14/h3-4,7,15-16H,5-6,8-10H2,1-2H3. The van der Waals surface area contributed by atoms with Crippen LogP contribution >= 0.6 is 0 Å². The van der Waals surface area contributed by atoms with Gasteiger partial charge in [0, 0.05) is 12.0 Å². The van der Waals surface area contributed by atoms with Crippen LogP contribution in [-0.4, -0.2) is 24.8 Å². The van der Waals surface area contributed by atoms with E-state index in [0.717, 1.165) is 25.9 Å². The van der Waals surface area contributed by atoms with Crippen molar-refractivity contribution in [1.82, 2.24) is 5.32 Å². The van der Waals surface area contributed by atoms with Gasteiger partial charge < -0.3 is 10.4 Å². The Morgan fingerprint density at radius 2 is 2.12 bits per heavy atom. The van der Waals surface area contributed by atoms with E-state index in [1.807, 2.05) is 0 Å². The zero-order valence-corrected chi connectivity index (χ0v) is 10.2. The molecule has 1 aliphatic rings. The van der Waals surface area contributed by atoms with Crippen LogP contribution in [0.3, 0.4) is 0 Å². The second-order valence-electron chi connectivity index (χ2n) is 5.18. The molecule has 0 radical (unpaired) electrons. The third-order valence-corrected chi connectivity index (χ3v) is 3.82. The summed E-state index contributed by atoms with van der Waals surface area (Å²) in [6.07, 6.45) is 2.06. The van der Waals surface area contributed by atoms with E-state index in [0.29, 0.717) is 0 Å². The molecule has 2 nitrogen and oxygen atoms in total.